The molecule has 1 fully saturated rings. The third-order valence-corrected chi connectivity index (χ3v) is 4.79. The number of nitrogens with two attached hydrogens (primary N) is 1. The topological polar surface area (TPSA) is 52.7 Å². The number of rotatable bonds is 0. The van der Waals surface area contributed by atoms with E-state index < -0.39 is 5.79 Å². The molecule has 2 aliphatic heterocycles. The minimum atomic E-state index is -0.483. The molecule has 0 spiro atoms. The number of anilines is 1. The zero-order valence-corrected chi connectivity index (χ0v) is 10.6. The van der Waals surface area contributed by atoms with Gasteiger partial charge in [-0.3, -0.25) is 10.6 Å². The van der Waals surface area contributed by atoms with Gasteiger partial charge in [-0.1, -0.05) is 6.92 Å². The maximum absolute atomic E-state index is 9.69. The lowest BCUT2D eigenvalue weighted by Gasteiger charge is -2.43. The van der Waals surface area contributed by atoms with E-state index in [0.717, 1.165) is 24.2 Å². The van der Waals surface area contributed by atoms with E-state index in [9.17, 15) is 5.11 Å². The van der Waals surface area contributed by atoms with Crippen LogP contribution in [-0.4, -0.2) is 36.4 Å². The van der Waals surface area contributed by atoms with Crippen LogP contribution in [-0.2, 0) is 5.41 Å². The van der Waals surface area contributed by atoms with Crippen LogP contribution in [0, 0.1) is 0 Å². The number of nitrogens with zero attached hydrogens (tertiary/aromatic N) is 2. The Morgan fingerprint density at radius 1 is 1.35 bits per heavy atom. The molecule has 2 atom stereocenters. The number of benzene rings is 1. The first-order valence-corrected chi connectivity index (χ1v) is 5.99. The first kappa shape index (κ1) is 10.9. The lowest BCUT2D eigenvalue weighted by atomic mass is 9.78. The SMILES string of the molecule is CN1CC[C@@]2(C)c3cc(O)ccc3N(C)[C@@]12N. The van der Waals surface area contributed by atoms with Gasteiger partial charge in [0, 0.05) is 24.7 Å². The summed E-state index contributed by atoms with van der Waals surface area (Å²) < 4.78 is 0. The Morgan fingerprint density at radius 3 is 2.76 bits per heavy atom. The summed E-state index contributed by atoms with van der Waals surface area (Å²) in [7, 11) is 4.09. The standard InChI is InChI=1S/C13H19N3O/c1-12-6-7-15(2)13(12,14)16(3)11-5-4-9(17)8-10(11)12/h4-5,8,17H,6-7,14H2,1-3H3/t12-,13-/m0/s1. The van der Waals surface area contributed by atoms with Crippen molar-refractivity contribution in [3.8, 4) is 5.75 Å². The van der Waals surface area contributed by atoms with Crippen molar-refractivity contribution in [3.05, 3.63) is 23.8 Å². The number of aromatic hydroxyl groups is 1. The molecule has 0 radical (unpaired) electrons. The molecule has 2 heterocycles. The van der Waals surface area contributed by atoms with Crippen molar-refractivity contribution >= 4 is 5.69 Å². The van der Waals surface area contributed by atoms with E-state index in [1.54, 1.807) is 6.07 Å². The molecule has 1 saturated heterocycles. The van der Waals surface area contributed by atoms with Gasteiger partial charge in [0.1, 0.15) is 5.75 Å². The van der Waals surface area contributed by atoms with Gasteiger partial charge in [-0.25, -0.2) is 0 Å². The summed E-state index contributed by atoms with van der Waals surface area (Å²) in [6.07, 6.45) is 1.01. The first-order chi connectivity index (χ1) is 7.91. The normalized spacial score (nSPS) is 36.1. The van der Waals surface area contributed by atoms with Crippen LogP contribution in [0.5, 0.6) is 5.75 Å². The Morgan fingerprint density at radius 2 is 2.06 bits per heavy atom. The fourth-order valence-corrected chi connectivity index (χ4v) is 3.57. The summed E-state index contributed by atoms with van der Waals surface area (Å²) in [4.78, 5) is 4.33. The van der Waals surface area contributed by atoms with Crippen LogP contribution in [0.4, 0.5) is 5.69 Å². The lowest BCUT2D eigenvalue weighted by Crippen LogP contribution is -2.67. The van der Waals surface area contributed by atoms with Gasteiger partial charge in [0.05, 0.1) is 0 Å². The molecule has 92 valence electrons. The van der Waals surface area contributed by atoms with Gasteiger partial charge < -0.3 is 10.0 Å². The van der Waals surface area contributed by atoms with Crippen molar-refractivity contribution in [2.24, 2.45) is 5.73 Å². The van der Waals surface area contributed by atoms with Gasteiger partial charge in [-0.2, -0.15) is 0 Å². The van der Waals surface area contributed by atoms with E-state index in [1.807, 2.05) is 19.2 Å². The van der Waals surface area contributed by atoms with E-state index in [-0.39, 0.29) is 5.41 Å². The number of likely N-dealkylation sites (tertiary alicyclic amines) is 1. The van der Waals surface area contributed by atoms with Gasteiger partial charge in [0.15, 0.2) is 5.79 Å². The molecule has 0 aliphatic carbocycles. The summed E-state index contributed by atoms with van der Waals surface area (Å²) in [6, 6.07) is 5.54. The second-order valence-electron chi connectivity index (χ2n) is 5.49. The summed E-state index contributed by atoms with van der Waals surface area (Å²) in [5.74, 6) is -0.166. The van der Waals surface area contributed by atoms with Crippen molar-refractivity contribution in [2.45, 2.75) is 24.5 Å². The summed E-state index contributed by atoms with van der Waals surface area (Å²) >= 11 is 0. The summed E-state index contributed by atoms with van der Waals surface area (Å²) in [5, 5.41) is 9.69. The molecule has 0 aromatic heterocycles. The molecular weight excluding hydrogens is 214 g/mol. The molecule has 2 aliphatic rings. The lowest BCUT2D eigenvalue weighted by molar-refractivity contribution is 0.134. The maximum Gasteiger partial charge on any atom is 0.155 e. The van der Waals surface area contributed by atoms with Crippen LogP contribution in [0.15, 0.2) is 18.2 Å². The molecular formula is C13H19N3O. The highest BCUT2D eigenvalue weighted by atomic mass is 16.3. The highest BCUT2D eigenvalue weighted by molar-refractivity contribution is 5.67. The van der Waals surface area contributed by atoms with Crippen LogP contribution < -0.4 is 10.6 Å². The number of phenols is 1. The Kier molecular flexibility index (Phi) is 1.88. The highest BCUT2D eigenvalue weighted by Crippen LogP contribution is 2.55. The molecule has 0 unspecified atom stereocenters. The van der Waals surface area contributed by atoms with E-state index in [1.165, 1.54) is 0 Å². The van der Waals surface area contributed by atoms with E-state index in [4.69, 9.17) is 5.73 Å². The second-order valence-corrected chi connectivity index (χ2v) is 5.49. The fourth-order valence-electron chi connectivity index (χ4n) is 3.57. The molecule has 4 nitrogen and oxygen atoms in total. The average molecular weight is 233 g/mol. The van der Waals surface area contributed by atoms with Gasteiger partial charge in [-0.15, -0.1) is 0 Å². The van der Waals surface area contributed by atoms with Crippen LogP contribution in [0.25, 0.3) is 0 Å². The van der Waals surface area contributed by atoms with Gasteiger partial charge in [-0.05, 0) is 37.2 Å². The molecule has 4 heteroatoms. The summed E-state index contributed by atoms with van der Waals surface area (Å²) in [6.45, 7) is 3.17. The zero-order valence-electron chi connectivity index (χ0n) is 10.6. The van der Waals surface area contributed by atoms with E-state index in [2.05, 4.69) is 23.8 Å². The minimum absolute atomic E-state index is 0.120. The number of fused-ring (bicyclic) bond motifs is 3. The average Bonchev–Trinajstić information content (AvgIpc) is 2.63. The monoisotopic (exact) mass is 233 g/mol. The van der Waals surface area contributed by atoms with Gasteiger partial charge in [0.25, 0.3) is 0 Å². The predicted octanol–water partition coefficient (Wildman–Crippen LogP) is 1.05. The molecule has 0 saturated carbocycles. The second kappa shape index (κ2) is 2.94. The molecule has 3 rings (SSSR count). The quantitative estimate of drug-likeness (QED) is 0.703. The fraction of sp³-hybridized carbons (Fsp3) is 0.538. The van der Waals surface area contributed by atoms with Gasteiger partial charge in [0.2, 0.25) is 0 Å². The van der Waals surface area contributed by atoms with Crippen LogP contribution in [0.3, 0.4) is 0 Å². The van der Waals surface area contributed by atoms with Crippen molar-refractivity contribution in [1.29, 1.82) is 0 Å². The van der Waals surface area contributed by atoms with Crippen LogP contribution in [0.1, 0.15) is 18.9 Å². The summed E-state index contributed by atoms with van der Waals surface area (Å²) in [5.41, 5.74) is 8.82. The van der Waals surface area contributed by atoms with E-state index in [0.29, 0.717) is 5.75 Å². The molecule has 3 N–H and O–H groups in total. The maximum atomic E-state index is 9.69. The Hall–Kier alpha value is -1.26. The number of phenolic OH excluding ortho intramolecular Hbond substituents is 1. The minimum Gasteiger partial charge on any atom is -0.508 e. The van der Waals surface area contributed by atoms with Crippen molar-refractivity contribution < 1.29 is 5.11 Å². The van der Waals surface area contributed by atoms with E-state index >= 15 is 0 Å². The van der Waals surface area contributed by atoms with Gasteiger partial charge >= 0.3 is 0 Å². The zero-order chi connectivity index (χ0) is 12.4. The van der Waals surface area contributed by atoms with Crippen molar-refractivity contribution in [2.75, 3.05) is 25.5 Å². The first-order valence-electron chi connectivity index (χ1n) is 5.99. The Balaban J connectivity index is 2.27. The number of likely N-dealkylation sites (N-methyl/N-ethyl adjacent to an activating group) is 2. The molecule has 0 amide bonds. The smallest absolute Gasteiger partial charge is 0.155 e. The largest absolute Gasteiger partial charge is 0.508 e. The third kappa shape index (κ3) is 1.01. The molecule has 1 aromatic carbocycles. The molecule has 0 bridgehead atoms. The van der Waals surface area contributed by atoms with Crippen molar-refractivity contribution in [1.82, 2.24) is 4.90 Å². The Bertz CT molecular complexity index is 490. The Labute approximate surface area is 102 Å². The highest BCUT2D eigenvalue weighted by Gasteiger charge is 2.61. The number of hydrogen-bond acceptors (Lipinski definition) is 4. The molecule has 1 aromatic rings. The third-order valence-electron chi connectivity index (χ3n) is 4.79. The number of hydrogen-bond donors (Lipinski definition) is 2. The van der Waals surface area contributed by atoms with Crippen LogP contribution in [0.2, 0.25) is 0 Å². The van der Waals surface area contributed by atoms with Crippen LogP contribution >= 0.6 is 0 Å². The predicted molar refractivity (Wildman–Crippen MR) is 68.0 cm³/mol. The molecule has 17 heavy (non-hydrogen) atoms. The van der Waals surface area contributed by atoms with Crippen molar-refractivity contribution in [3.63, 3.8) is 0 Å².